The summed E-state index contributed by atoms with van der Waals surface area (Å²) >= 11 is 0. The highest BCUT2D eigenvalue weighted by Crippen LogP contribution is 2.25. The average Bonchev–Trinajstić information content (AvgIpc) is 3.55. The van der Waals surface area contributed by atoms with Gasteiger partial charge in [0.25, 0.3) is 0 Å². The molecule has 5 rings (SSSR count). The minimum atomic E-state index is -0.974. The molecule has 194 valence electrons. The van der Waals surface area contributed by atoms with E-state index in [1.54, 1.807) is 13.2 Å². The largest absolute Gasteiger partial charge is 0.480 e. The third-order valence-corrected chi connectivity index (χ3v) is 6.42. The summed E-state index contributed by atoms with van der Waals surface area (Å²) in [5, 5.41) is 16.1. The SMILES string of the molecule is CCc1cc(F)cc(C)c1NC(Cc1ccc(-c2coc(CNc3nc4ccccc4[nH]3)n2)cc1)C(=O)O. The summed E-state index contributed by atoms with van der Waals surface area (Å²) in [6.07, 6.45) is 2.45. The fourth-order valence-corrected chi connectivity index (χ4v) is 4.44. The van der Waals surface area contributed by atoms with Crippen LogP contribution in [-0.4, -0.2) is 32.1 Å². The van der Waals surface area contributed by atoms with Crippen LogP contribution in [0.4, 0.5) is 16.0 Å². The molecule has 2 heterocycles. The fourth-order valence-electron chi connectivity index (χ4n) is 4.44. The second-order valence-electron chi connectivity index (χ2n) is 9.13. The molecule has 0 aliphatic rings. The third kappa shape index (κ3) is 5.51. The van der Waals surface area contributed by atoms with E-state index in [0.29, 0.717) is 41.7 Å². The standard InChI is InChI=1S/C29H28FN5O3/c1-3-19-14-21(30)12-17(2)27(19)33-24(28(36)37)13-18-8-10-20(11-9-18)25-16-38-26(32-25)15-31-29-34-22-6-4-5-7-23(22)35-29/h4-12,14,16,24,33H,3,13,15H2,1-2H3,(H,36,37)(H2,31,34,35). The first-order valence-electron chi connectivity index (χ1n) is 12.4. The van der Waals surface area contributed by atoms with Gasteiger partial charge in [-0.1, -0.05) is 43.3 Å². The highest BCUT2D eigenvalue weighted by Gasteiger charge is 2.21. The first-order valence-corrected chi connectivity index (χ1v) is 12.4. The van der Waals surface area contributed by atoms with Crippen molar-refractivity contribution in [3.63, 3.8) is 0 Å². The van der Waals surface area contributed by atoms with E-state index < -0.39 is 12.0 Å². The van der Waals surface area contributed by atoms with Gasteiger partial charge in [-0.15, -0.1) is 0 Å². The number of hydrogen-bond acceptors (Lipinski definition) is 6. The number of aromatic amines is 1. The zero-order chi connectivity index (χ0) is 26.6. The summed E-state index contributed by atoms with van der Waals surface area (Å²) in [5.74, 6) is -0.147. The van der Waals surface area contributed by atoms with Crippen LogP contribution in [-0.2, 0) is 24.2 Å². The van der Waals surface area contributed by atoms with Crippen LogP contribution in [0, 0.1) is 12.7 Å². The van der Waals surface area contributed by atoms with Crippen molar-refractivity contribution in [2.75, 3.05) is 10.6 Å². The van der Waals surface area contributed by atoms with Crippen molar-refractivity contribution >= 4 is 28.6 Å². The molecule has 0 saturated carbocycles. The van der Waals surface area contributed by atoms with Crippen LogP contribution in [0.2, 0.25) is 0 Å². The predicted octanol–water partition coefficient (Wildman–Crippen LogP) is 5.95. The summed E-state index contributed by atoms with van der Waals surface area (Å²) < 4.78 is 19.4. The van der Waals surface area contributed by atoms with E-state index in [2.05, 4.69) is 25.6 Å². The maximum atomic E-state index is 13.8. The Bertz CT molecular complexity index is 1540. The molecule has 8 nitrogen and oxygen atoms in total. The first-order chi connectivity index (χ1) is 18.4. The molecule has 0 amide bonds. The number of aryl methyl sites for hydroxylation is 2. The number of imidazole rings is 1. The lowest BCUT2D eigenvalue weighted by atomic mass is 10.0. The molecule has 0 bridgehead atoms. The number of nitrogens with one attached hydrogen (secondary N) is 3. The van der Waals surface area contributed by atoms with Crippen molar-refractivity contribution < 1.29 is 18.7 Å². The van der Waals surface area contributed by atoms with Gasteiger partial charge >= 0.3 is 5.97 Å². The van der Waals surface area contributed by atoms with Gasteiger partial charge in [0.05, 0.1) is 17.6 Å². The smallest absolute Gasteiger partial charge is 0.326 e. The molecule has 1 atom stereocenters. The zero-order valence-corrected chi connectivity index (χ0v) is 21.1. The Morgan fingerprint density at radius 2 is 1.92 bits per heavy atom. The van der Waals surface area contributed by atoms with E-state index in [1.165, 1.54) is 12.1 Å². The second-order valence-corrected chi connectivity index (χ2v) is 9.13. The Morgan fingerprint density at radius 3 is 2.66 bits per heavy atom. The number of aliphatic carboxylic acids is 1. The van der Waals surface area contributed by atoms with E-state index in [-0.39, 0.29) is 12.2 Å². The lowest BCUT2D eigenvalue weighted by Crippen LogP contribution is -2.32. The quantitative estimate of drug-likeness (QED) is 0.182. The molecular weight excluding hydrogens is 485 g/mol. The van der Waals surface area contributed by atoms with Crippen LogP contribution < -0.4 is 10.6 Å². The number of carbonyl (C=O) groups is 1. The highest BCUT2D eigenvalue weighted by atomic mass is 19.1. The number of para-hydroxylation sites is 2. The lowest BCUT2D eigenvalue weighted by molar-refractivity contribution is -0.137. The molecule has 0 aliphatic carbocycles. The van der Waals surface area contributed by atoms with Crippen molar-refractivity contribution in [2.24, 2.45) is 0 Å². The van der Waals surface area contributed by atoms with Crippen molar-refractivity contribution in [2.45, 2.75) is 39.3 Å². The van der Waals surface area contributed by atoms with E-state index in [9.17, 15) is 14.3 Å². The molecule has 4 N–H and O–H groups in total. The number of carboxylic acid groups (broad SMARTS) is 1. The normalized spacial score (nSPS) is 12.0. The van der Waals surface area contributed by atoms with Crippen LogP contribution in [0.15, 0.2) is 71.3 Å². The number of anilines is 2. The second kappa shape index (κ2) is 10.8. The van der Waals surface area contributed by atoms with Gasteiger partial charge in [0.15, 0.2) is 0 Å². The van der Waals surface area contributed by atoms with Gasteiger partial charge in [-0.25, -0.2) is 19.2 Å². The molecule has 0 saturated heterocycles. The Labute approximate surface area is 219 Å². The van der Waals surface area contributed by atoms with Crippen LogP contribution in [0.25, 0.3) is 22.3 Å². The van der Waals surface area contributed by atoms with Crippen LogP contribution >= 0.6 is 0 Å². The van der Waals surface area contributed by atoms with Crippen LogP contribution in [0.1, 0.15) is 29.5 Å². The molecule has 3 aromatic carbocycles. The minimum absolute atomic E-state index is 0.265. The molecule has 0 spiro atoms. The number of rotatable bonds is 10. The summed E-state index contributed by atoms with van der Waals surface area (Å²) in [4.78, 5) is 24.3. The van der Waals surface area contributed by atoms with Crippen molar-refractivity contribution in [3.05, 3.63) is 95.3 Å². The van der Waals surface area contributed by atoms with Crippen molar-refractivity contribution in [3.8, 4) is 11.3 Å². The number of H-pyrrole nitrogens is 1. The van der Waals surface area contributed by atoms with E-state index in [0.717, 1.165) is 27.7 Å². The topological polar surface area (TPSA) is 116 Å². The Hall–Kier alpha value is -4.66. The number of fused-ring (bicyclic) bond motifs is 1. The molecule has 2 aromatic heterocycles. The first kappa shape index (κ1) is 25.0. The zero-order valence-electron chi connectivity index (χ0n) is 21.1. The number of benzene rings is 3. The molecule has 0 aliphatic heterocycles. The van der Waals surface area contributed by atoms with Gasteiger partial charge in [-0.2, -0.15) is 0 Å². The van der Waals surface area contributed by atoms with Gasteiger partial charge in [0.2, 0.25) is 11.8 Å². The molecule has 5 aromatic rings. The predicted molar refractivity (Wildman–Crippen MR) is 145 cm³/mol. The Morgan fingerprint density at radius 1 is 1.13 bits per heavy atom. The number of nitrogens with zero attached hydrogens (tertiary/aromatic N) is 2. The monoisotopic (exact) mass is 513 g/mol. The molecule has 9 heteroatoms. The minimum Gasteiger partial charge on any atom is -0.480 e. The number of hydrogen-bond donors (Lipinski definition) is 4. The average molecular weight is 514 g/mol. The fraction of sp³-hybridized carbons (Fsp3) is 0.207. The third-order valence-electron chi connectivity index (χ3n) is 6.42. The maximum absolute atomic E-state index is 13.8. The maximum Gasteiger partial charge on any atom is 0.326 e. The van der Waals surface area contributed by atoms with E-state index >= 15 is 0 Å². The molecule has 38 heavy (non-hydrogen) atoms. The summed E-state index contributed by atoms with van der Waals surface area (Å²) in [5.41, 5.74) is 6.31. The van der Waals surface area contributed by atoms with Crippen molar-refractivity contribution in [1.29, 1.82) is 0 Å². The number of aromatic nitrogens is 3. The van der Waals surface area contributed by atoms with Gasteiger partial charge in [-0.05, 0) is 54.3 Å². The molecule has 0 fully saturated rings. The summed E-state index contributed by atoms with van der Waals surface area (Å²) in [6.45, 7) is 4.06. The molecular formula is C29H28FN5O3. The van der Waals surface area contributed by atoms with Gasteiger partial charge in [0, 0.05) is 17.7 Å². The highest BCUT2D eigenvalue weighted by molar-refractivity contribution is 5.79. The van der Waals surface area contributed by atoms with Gasteiger partial charge < -0.3 is 25.1 Å². The van der Waals surface area contributed by atoms with Gasteiger partial charge in [0.1, 0.15) is 23.8 Å². The summed E-state index contributed by atoms with van der Waals surface area (Å²) in [6, 6.07) is 17.3. The van der Waals surface area contributed by atoms with Crippen LogP contribution in [0.5, 0.6) is 0 Å². The number of halogens is 1. The number of oxazole rings is 1. The van der Waals surface area contributed by atoms with Crippen LogP contribution in [0.3, 0.4) is 0 Å². The Balaban J connectivity index is 1.24. The Kier molecular flexibility index (Phi) is 7.08. The number of carboxylic acids is 1. The summed E-state index contributed by atoms with van der Waals surface area (Å²) in [7, 11) is 0. The molecule has 0 radical (unpaired) electrons. The van der Waals surface area contributed by atoms with E-state index in [1.807, 2.05) is 55.5 Å². The van der Waals surface area contributed by atoms with E-state index in [4.69, 9.17) is 4.42 Å². The van der Waals surface area contributed by atoms with Gasteiger partial charge in [-0.3, -0.25) is 0 Å². The van der Waals surface area contributed by atoms with Crippen molar-refractivity contribution in [1.82, 2.24) is 15.0 Å². The molecule has 1 unspecified atom stereocenters. The lowest BCUT2D eigenvalue weighted by Gasteiger charge is -2.20.